The number of carbonyl (C=O) groups is 4. The van der Waals surface area contributed by atoms with Crippen molar-refractivity contribution < 1.29 is 19.2 Å². The highest BCUT2D eigenvalue weighted by atomic mass is 16.2. The van der Waals surface area contributed by atoms with Gasteiger partial charge in [0.25, 0.3) is 0 Å². The van der Waals surface area contributed by atoms with Crippen LogP contribution in [0.2, 0.25) is 0 Å². The summed E-state index contributed by atoms with van der Waals surface area (Å²) in [6.07, 6.45) is 0.612. The highest BCUT2D eigenvalue weighted by Gasteiger charge is 2.33. The van der Waals surface area contributed by atoms with E-state index in [1.807, 2.05) is 27.7 Å². The molecule has 0 aliphatic rings. The maximum atomic E-state index is 12.6. The molecule has 0 aromatic heterocycles. The van der Waals surface area contributed by atoms with Crippen LogP contribution in [0.15, 0.2) is 0 Å². The molecule has 0 spiro atoms. The maximum absolute atomic E-state index is 12.6. The maximum Gasteiger partial charge on any atom is 0.243 e. The highest BCUT2D eigenvalue weighted by molar-refractivity contribution is 5.95. The van der Waals surface area contributed by atoms with E-state index in [0.717, 1.165) is 0 Å². The Labute approximate surface area is 155 Å². The molecule has 0 aromatic rings. The molecular formula is C18H34N4O4. The first-order chi connectivity index (χ1) is 11.8. The Morgan fingerprint density at radius 1 is 0.885 bits per heavy atom. The van der Waals surface area contributed by atoms with Crippen LogP contribution in [0.1, 0.15) is 60.8 Å². The van der Waals surface area contributed by atoms with Crippen LogP contribution in [0.25, 0.3) is 0 Å². The van der Waals surface area contributed by atoms with Gasteiger partial charge in [0.05, 0.1) is 6.42 Å². The van der Waals surface area contributed by atoms with E-state index in [0.29, 0.717) is 12.8 Å². The molecule has 0 aliphatic carbocycles. The lowest BCUT2D eigenvalue weighted by molar-refractivity contribution is -0.136. The van der Waals surface area contributed by atoms with Crippen molar-refractivity contribution in [3.05, 3.63) is 0 Å². The quantitative estimate of drug-likeness (QED) is 0.418. The minimum absolute atomic E-state index is 0.127. The van der Waals surface area contributed by atoms with Gasteiger partial charge >= 0.3 is 0 Å². The number of rotatable bonds is 11. The summed E-state index contributed by atoms with van der Waals surface area (Å²) in [5, 5.41) is 5.10. The molecule has 150 valence electrons. The number of carbonyl (C=O) groups excluding carboxylic acids is 4. The molecule has 8 heteroatoms. The SMILES string of the molecule is CC(C)C[C@H](NC(=O)[C@H](CC(N)=O)NC(=O)C(C)(C)CC(C)C)C(N)=O. The van der Waals surface area contributed by atoms with Crippen molar-refractivity contribution in [2.45, 2.75) is 72.9 Å². The van der Waals surface area contributed by atoms with Crippen molar-refractivity contribution >= 4 is 23.6 Å². The Balaban J connectivity index is 5.23. The predicted octanol–water partition coefficient (Wildman–Crippen LogP) is 0.435. The van der Waals surface area contributed by atoms with Gasteiger partial charge < -0.3 is 22.1 Å². The van der Waals surface area contributed by atoms with Gasteiger partial charge in [0, 0.05) is 5.41 Å². The van der Waals surface area contributed by atoms with Crippen LogP contribution in [0.4, 0.5) is 0 Å². The van der Waals surface area contributed by atoms with E-state index < -0.39 is 35.2 Å². The summed E-state index contributed by atoms with van der Waals surface area (Å²) in [6.45, 7) is 11.3. The van der Waals surface area contributed by atoms with Gasteiger partial charge in [-0.25, -0.2) is 0 Å². The highest BCUT2D eigenvalue weighted by Crippen LogP contribution is 2.25. The fourth-order valence-corrected chi connectivity index (χ4v) is 2.87. The van der Waals surface area contributed by atoms with Crippen LogP contribution >= 0.6 is 0 Å². The lowest BCUT2D eigenvalue weighted by atomic mass is 9.83. The van der Waals surface area contributed by atoms with Gasteiger partial charge in [-0.2, -0.15) is 0 Å². The lowest BCUT2D eigenvalue weighted by Gasteiger charge is -2.28. The van der Waals surface area contributed by atoms with Gasteiger partial charge in [-0.15, -0.1) is 0 Å². The normalized spacial score (nSPS) is 14.0. The number of nitrogens with two attached hydrogens (primary N) is 2. The second-order valence-electron chi connectivity index (χ2n) is 8.27. The molecule has 8 nitrogen and oxygen atoms in total. The van der Waals surface area contributed by atoms with E-state index in [4.69, 9.17) is 11.5 Å². The average molecular weight is 370 g/mol. The monoisotopic (exact) mass is 370 g/mol. The van der Waals surface area contributed by atoms with Crippen molar-refractivity contribution in [2.24, 2.45) is 28.7 Å². The molecule has 0 rings (SSSR count). The molecule has 0 heterocycles. The van der Waals surface area contributed by atoms with Gasteiger partial charge in [0.1, 0.15) is 12.1 Å². The molecule has 0 unspecified atom stereocenters. The first-order valence-corrected chi connectivity index (χ1v) is 8.95. The second-order valence-corrected chi connectivity index (χ2v) is 8.27. The number of primary amides is 2. The third-order valence-electron chi connectivity index (χ3n) is 3.93. The summed E-state index contributed by atoms with van der Waals surface area (Å²) in [4.78, 5) is 47.9. The Morgan fingerprint density at radius 2 is 1.42 bits per heavy atom. The van der Waals surface area contributed by atoms with E-state index in [2.05, 4.69) is 10.6 Å². The van der Waals surface area contributed by atoms with Gasteiger partial charge in [-0.3, -0.25) is 19.2 Å². The summed E-state index contributed by atoms with van der Waals surface area (Å²) in [7, 11) is 0. The second kappa shape index (κ2) is 10.1. The van der Waals surface area contributed by atoms with E-state index >= 15 is 0 Å². The van der Waals surface area contributed by atoms with Gasteiger partial charge in [-0.1, -0.05) is 41.5 Å². The van der Waals surface area contributed by atoms with Crippen LogP contribution in [0.3, 0.4) is 0 Å². The molecule has 2 atom stereocenters. The fourth-order valence-electron chi connectivity index (χ4n) is 2.87. The van der Waals surface area contributed by atoms with Crippen LogP contribution in [0.5, 0.6) is 0 Å². The van der Waals surface area contributed by atoms with E-state index in [9.17, 15) is 19.2 Å². The summed E-state index contributed by atoms with van der Waals surface area (Å²) in [5.41, 5.74) is 9.82. The third kappa shape index (κ3) is 8.82. The first kappa shape index (κ1) is 23.9. The molecular weight excluding hydrogens is 336 g/mol. The van der Waals surface area contributed by atoms with Crippen LogP contribution in [0, 0.1) is 17.3 Å². The van der Waals surface area contributed by atoms with Crippen LogP contribution in [-0.2, 0) is 19.2 Å². The molecule has 26 heavy (non-hydrogen) atoms. The Bertz CT molecular complexity index is 529. The average Bonchev–Trinajstić information content (AvgIpc) is 2.43. The van der Waals surface area contributed by atoms with E-state index in [1.54, 1.807) is 13.8 Å². The molecule has 0 aromatic carbocycles. The number of hydrogen-bond acceptors (Lipinski definition) is 4. The third-order valence-corrected chi connectivity index (χ3v) is 3.93. The lowest BCUT2D eigenvalue weighted by Crippen LogP contribution is -2.55. The molecule has 0 aliphatic heterocycles. The van der Waals surface area contributed by atoms with E-state index in [-0.39, 0.29) is 24.2 Å². The van der Waals surface area contributed by atoms with Gasteiger partial charge in [0.15, 0.2) is 0 Å². The number of amides is 4. The topological polar surface area (TPSA) is 144 Å². The van der Waals surface area contributed by atoms with E-state index in [1.165, 1.54) is 0 Å². The first-order valence-electron chi connectivity index (χ1n) is 8.95. The minimum atomic E-state index is -1.15. The van der Waals surface area contributed by atoms with Crippen LogP contribution < -0.4 is 22.1 Å². The van der Waals surface area contributed by atoms with Gasteiger partial charge in [-0.05, 0) is 24.7 Å². The molecule has 0 fully saturated rings. The summed E-state index contributed by atoms with van der Waals surface area (Å²) in [6, 6.07) is -2.03. The molecule has 6 N–H and O–H groups in total. The molecule has 0 bridgehead atoms. The minimum Gasteiger partial charge on any atom is -0.370 e. The molecule has 0 saturated carbocycles. The number of nitrogens with one attached hydrogen (secondary N) is 2. The molecule has 0 radical (unpaired) electrons. The van der Waals surface area contributed by atoms with Crippen molar-refractivity contribution in [3.63, 3.8) is 0 Å². The van der Waals surface area contributed by atoms with Crippen molar-refractivity contribution in [1.29, 1.82) is 0 Å². The fraction of sp³-hybridized carbons (Fsp3) is 0.778. The molecule has 0 saturated heterocycles. The smallest absolute Gasteiger partial charge is 0.243 e. The van der Waals surface area contributed by atoms with Crippen molar-refractivity contribution in [1.82, 2.24) is 10.6 Å². The summed E-state index contributed by atoms with van der Waals surface area (Å²) in [5.74, 6) is -2.00. The molecule has 4 amide bonds. The van der Waals surface area contributed by atoms with Gasteiger partial charge in [0.2, 0.25) is 23.6 Å². The zero-order chi connectivity index (χ0) is 20.7. The largest absolute Gasteiger partial charge is 0.370 e. The number of hydrogen-bond donors (Lipinski definition) is 4. The van der Waals surface area contributed by atoms with Crippen molar-refractivity contribution in [2.75, 3.05) is 0 Å². The Morgan fingerprint density at radius 3 is 1.81 bits per heavy atom. The Kier molecular flexibility index (Phi) is 9.31. The van der Waals surface area contributed by atoms with Crippen molar-refractivity contribution in [3.8, 4) is 0 Å². The van der Waals surface area contributed by atoms with Crippen LogP contribution in [-0.4, -0.2) is 35.7 Å². The zero-order valence-electron chi connectivity index (χ0n) is 16.7. The standard InChI is InChI=1S/C18H34N4O4/c1-10(2)7-12(15(20)24)21-16(25)13(8-14(19)23)22-17(26)18(5,6)9-11(3)4/h10-13H,7-9H2,1-6H3,(H2,19,23)(H2,20,24)(H,21,25)(H,22,26)/t12-,13-/m0/s1. The summed E-state index contributed by atoms with van der Waals surface area (Å²) >= 11 is 0. The zero-order valence-corrected chi connectivity index (χ0v) is 16.7. The predicted molar refractivity (Wildman–Crippen MR) is 99.6 cm³/mol. The summed E-state index contributed by atoms with van der Waals surface area (Å²) < 4.78 is 0. The Hall–Kier alpha value is -2.12.